The van der Waals surface area contributed by atoms with E-state index in [1.54, 1.807) is 6.07 Å². The zero-order valence-corrected chi connectivity index (χ0v) is 19.0. The molecule has 2 N–H and O–H groups in total. The van der Waals surface area contributed by atoms with Crippen molar-refractivity contribution in [1.82, 2.24) is 19.7 Å². The van der Waals surface area contributed by atoms with Crippen molar-refractivity contribution in [1.29, 1.82) is 0 Å². The van der Waals surface area contributed by atoms with Crippen LogP contribution in [0.25, 0.3) is 0 Å². The van der Waals surface area contributed by atoms with Crippen LogP contribution in [0.3, 0.4) is 0 Å². The molecule has 2 unspecified atom stereocenters. The number of rotatable bonds is 6. The number of hydrogen-bond acceptors (Lipinski definition) is 6. The second-order valence-corrected chi connectivity index (χ2v) is 9.92. The number of nitrogens with zero attached hydrogens (tertiary/aromatic N) is 5. The zero-order valence-electron chi connectivity index (χ0n) is 19.0. The molecule has 0 amide bonds. The Labute approximate surface area is 200 Å². The van der Waals surface area contributed by atoms with Gasteiger partial charge in [0, 0.05) is 43.2 Å². The molecule has 1 aliphatic heterocycles. The van der Waals surface area contributed by atoms with Gasteiger partial charge < -0.3 is 10.6 Å². The summed E-state index contributed by atoms with van der Waals surface area (Å²) in [6, 6.07) is 4.81. The summed E-state index contributed by atoms with van der Waals surface area (Å²) >= 11 is 0. The highest BCUT2D eigenvalue weighted by molar-refractivity contribution is 5.96. The number of nitrogen functional groups attached to an aromatic ring is 1. The standard InChI is InChI=1S/C25H25F3N6O/c26-25(27,28)20-7-24(33-10-15-5-16(15)11-33)30-8-17(20)12-34-13-18(9-31-34)22(35)6-14-1-3-21-19(14)2-4-23(29)32-21/h2,4,7-9,13-16H,1,3,5-6,10-12H2,(H2,29,32)/t14-,15?,16?/m0/s1. The van der Waals surface area contributed by atoms with E-state index < -0.39 is 11.7 Å². The average Bonchev–Trinajstić information content (AvgIpc) is 3.17. The molecule has 3 aliphatic rings. The third-order valence-corrected chi connectivity index (χ3v) is 7.50. The lowest BCUT2D eigenvalue weighted by Crippen LogP contribution is -2.24. The van der Waals surface area contributed by atoms with Gasteiger partial charge in [-0.1, -0.05) is 6.07 Å². The van der Waals surface area contributed by atoms with Crippen molar-refractivity contribution in [2.45, 2.75) is 44.3 Å². The van der Waals surface area contributed by atoms with Crippen molar-refractivity contribution >= 4 is 17.4 Å². The largest absolute Gasteiger partial charge is 0.416 e. The smallest absolute Gasteiger partial charge is 0.384 e. The molecule has 35 heavy (non-hydrogen) atoms. The molecule has 7 nitrogen and oxygen atoms in total. The molecule has 3 aromatic heterocycles. The zero-order chi connectivity index (χ0) is 24.3. The molecule has 0 bridgehead atoms. The Hall–Kier alpha value is -3.43. The average molecular weight is 483 g/mol. The van der Waals surface area contributed by atoms with Crippen molar-refractivity contribution in [3.8, 4) is 0 Å². The maximum absolute atomic E-state index is 13.9. The van der Waals surface area contributed by atoms with Gasteiger partial charge in [-0.2, -0.15) is 18.3 Å². The van der Waals surface area contributed by atoms with Crippen LogP contribution in [0.15, 0.2) is 36.8 Å². The number of fused-ring (bicyclic) bond motifs is 2. The summed E-state index contributed by atoms with van der Waals surface area (Å²) in [5.74, 6) is 1.99. The molecular weight excluding hydrogens is 457 g/mol. The number of Topliss-reactive ketones (excluding diaryl/α,β-unsaturated/α-hetero) is 1. The van der Waals surface area contributed by atoms with Crippen LogP contribution in [0.2, 0.25) is 0 Å². The second-order valence-electron chi connectivity index (χ2n) is 9.92. The van der Waals surface area contributed by atoms with Crippen LogP contribution in [0.4, 0.5) is 24.8 Å². The number of piperidine rings is 1. The molecule has 2 aliphatic carbocycles. The van der Waals surface area contributed by atoms with Crippen molar-refractivity contribution in [2.24, 2.45) is 11.8 Å². The molecule has 2 fully saturated rings. The molecular formula is C25H25F3N6O. The quantitative estimate of drug-likeness (QED) is 0.533. The molecule has 182 valence electrons. The lowest BCUT2D eigenvalue weighted by atomic mass is 9.95. The van der Waals surface area contributed by atoms with E-state index in [1.165, 1.54) is 29.7 Å². The number of aryl methyl sites for hydroxylation is 1. The minimum absolute atomic E-state index is 0.0288. The summed E-state index contributed by atoms with van der Waals surface area (Å²) < 4.78 is 43.0. The van der Waals surface area contributed by atoms with E-state index in [2.05, 4.69) is 15.1 Å². The summed E-state index contributed by atoms with van der Waals surface area (Å²) in [4.78, 5) is 23.5. The first kappa shape index (κ1) is 22.1. The van der Waals surface area contributed by atoms with Gasteiger partial charge in [0.15, 0.2) is 5.78 Å². The van der Waals surface area contributed by atoms with E-state index in [0.29, 0.717) is 35.5 Å². The van der Waals surface area contributed by atoms with E-state index in [4.69, 9.17) is 5.73 Å². The van der Waals surface area contributed by atoms with Gasteiger partial charge in [-0.05, 0) is 54.7 Å². The fourth-order valence-corrected chi connectivity index (χ4v) is 5.51. The molecule has 3 atom stereocenters. The van der Waals surface area contributed by atoms with Gasteiger partial charge in [-0.3, -0.25) is 9.48 Å². The molecule has 10 heteroatoms. The number of halogens is 3. The molecule has 3 aromatic rings. The Kier molecular flexibility index (Phi) is 5.08. The van der Waals surface area contributed by atoms with Crippen LogP contribution in [0, 0.1) is 11.8 Å². The molecule has 0 aromatic carbocycles. The number of ketones is 1. The molecule has 0 radical (unpaired) electrons. The van der Waals surface area contributed by atoms with E-state index in [-0.39, 0.29) is 23.8 Å². The number of anilines is 2. The first-order chi connectivity index (χ1) is 16.7. The van der Waals surface area contributed by atoms with Gasteiger partial charge in [-0.15, -0.1) is 0 Å². The van der Waals surface area contributed by atoms with E-state index in [9.17, 15) is 18.0 Å². The van der Waals surface area contributed by atoms with E-state index in [1.807, 2.05) is 11.0 Å². The van der Waals surface area contributed by atoms with E-state index >= 15 is 0 Å². The first-order valence-corrected chi connectivity index (χ1v) is 11.9. The van der Waals surface area contributed by atoms with Crippen LogP contribution in [-0.4, -0.2) is 38.6 Å². The summed E-state index contributed by atoms with van der Waals surface area (Å²) in [5, 5.41) is 4.16. The third-order valence-electron chi connectivity index (χ3n) is 7.50. The Morgan fingerprint density at radius 2 is 1.97 bits per heavy atom. The Bertz CT molecular complexity index is 1290. The molecule has 1 saturated carbocycles. The number of nitrogens with two attached hydrogens (primary N) is 1. The van der Waals surface area contributed by atoms with Crippen LogP contribution in [0.5, 0.6) is 0 Å². The number of carbonyl (C=O) groups is 1. The fourth-order valence-electron chi connectivity index (χ4n) is 5.51. The number of alkyl halides is 3. The van der Waals surface area contributed by atoms with Crippen molar-refractivity contribution in [3.05, 3.63) is 64.7 Å². The highest BCUT2D eigenvalue weighted by Crippen LogP contribution is 2.46. The summed E-state index contributed by atoms with van der Waals surface area (Å²) in [7, 11) is 0. The highest BCUT2D eigenvalue weighted by Gasteiger charge is 2.46. The van der Waals surface area contributed by atoms with Crippen LogP contribution in [0.1, 0.15) is 57.9 Å². The van der Waals surface area contributed by atoms with Gasteiger partial charge in [0.1, 0.15) is 11.6 Å². The van der Waals surface area contributed by atoms with Crippen molar-refractivity contribution in [3.63, 3.8) is 0 Å². The molecule has 6 rings (SSSR count). The predicted molar refractivity (Wildman–Crippen MR) is 123 cm³/mol. The summed E-state index contributed by atoms with van der Waals surface area (Å²) in [6.45, 7) is 1.43. The highest BCUT2D eigenvalue weighted by atomic mass is 19.4. The second kappa shape index (κ2) is 8.07. The van der Waals surface area contributed by atoms with Gasteiger partial charge >= 0.3 is 6.18 Å². The maximum Gasteiger partial charge on any atom is 0.416 e. The third kappa shape index (κ3) is 4.26. The van der Waals surface area contributed by atoms with Crippen LogP contribution < -0.4 is 10.6 Å². The van der Waals surface area contributed by atoms with Crippen LogP contribution in [-0.2, 0) is 19.1 Å². The van der Waals surface area contributed by atoms with Gasteiger partial charge in [0.2, 0.25) is 0 Å². The van der Waals surface area contributed by atoms with E-state index in [0.717, 1.165) is 43.3 Å². The number of aromatic nitrogens is 4. The normalized spacial score (nSPS) is 22.8. The lowest BCUT2D eigenvalue weighted by molar-refractivity contribution is -0.138. The minimum Gasteiger partial charge on any atom is -0.384 e. The summed E-state index contributed by atoms with van der Waals surface area (Å²) in [6.07, 6.45) is 2.78. The van der Waals surface area contributed by atoms with Gasteiger partial charge in [-0.25, -0.2) is 9.97 Å². The SMILES string of the molecule is Nc1ccc2c(n1)CC[C@H]2CC(=O)c1cnn(Cc2cnc(N3CC4CC4C3)cc2C(F)(F)F)c1. The molecule has 0 spiro atoms. The monoisotopic (exact) mass is 482 g/mol. The number of hydrogen-bond donors (Lipinski definition) is 1. The molecule has 1 saturated heterocycles. The first-order valence-electron chi connectivity index (χ1n) is 11.9. The number of pyridine rings is 2. The van der Waals surface area contributed by atoms with Gasteiger partial charge in [0.25, 0.3) is 0 Å². The maximum atomic E-state index is 13.9. The minimum atomic E-state index is -4.51. The predicted octanol–water partition coefficient (Wildman–Crippen LogP) is 4.08. The lowest BCUT2D eigenvalue weighted by Gasteiger charge is -2.21. The molecule has 4 heterocycles. The topological polar surface area (TPSA) is 89.9 Å². The Balaban J connectivity index is 1.17. The Morgan fingerprint density at radius 1 is 1.17 bits per heavy atom. The fraction of sp³-hybridized carbons (Fsp3) is 0.440. The van der Waals surface area contributed by atoms with Gasteiger partial charge in [0.05, 0.1) is 23.9 Å². The van der Waals surface area contributed by atoms with Crippen molar-refractivity contribution < 1.29 is 18.0 Å². The number of carbonyl (C=O) groups excluding carboxylic acids is 1. The van der Waals surface area contributed by atoms with Crippen molar-refractivity contribution in [2.75, 3.05) is 23.7 Å². The van der Waals surface area contributed by atoms with Crippen LogP contribution >= 0.6 is 0 Å². The Morgan fingerprint density at radius 3 is 2.74 bits per heavy atom. The summed E-state index contributed by atoms with van der Waals surface area (Å²) in [5.41, 5.74) is 7.43.